The predicted molar refractivity (Wildman–Crippen MR) is 62.4 cm³/mol. The largest absolute Gasteiger partial charge is 0.355 e. The molecular formula is C12H14N2O. The van der Waals surface area contributed by atoms with Gasteiger partial charge < -0.3 is 5.32 Å². The summed E-state index contributed by atoms with van der Waals surface area (Å²) in [7, 11) is 0. The van der Waals surface area contributed by atoms with E-state index in [2.05, 4.69) is 23.6 Å². The first-order chi connectivity index (χ1) is 7.11. The number of hydrogen-bond acceptors (Lipinski definition) is 3. The zero-order chi connectivity index (χ0) is 11.4. The molecule has 0 aromatic rings. The molecule has 0 saturated carbocycles. The van der Waals surface area contributed by atoms with Gasteiger partial charge in [0.1, 0.15) is 0 Å². The number of allylic oxidation sites excluding steroid dienone is 4. The lowest BCUT2D eigenvalue weighted by Gasteiger charge is -2.23. The van der Waals surface area contributed by atoms with Gasteiger partial charge in [0, 0.05) is 23.0 Å². The smallest absolute Gasteiger partial charge is 0.192 e. The summed E-state index contributed by atoms with van der Waals surface area (Å²) in [6.07, 6.45) is 5.25. The molecule has 3 nitrogen and oxygen atoms in total. The lowest BCUT2D eigenvalue weighted by atomic mass is 9.89. The van der Waals surface area contributed by atoms with Crippen molar-refractivity contribution in [1.29, 1.82) is 0 Å². The van der Waals surface area contributed by atoms with E-state index in [4.69, 9.17) is 0 Å². The van der Waals surface area contributed by atoms with Crippen molar-refractivity contribution in [3.63, 3.8) is 0 Å². The van der Waals surface area contributed by atoms with Crippen LogP contribution in [-0.4, -0.2) is 12.5 Å². The zero-order valence-electron chi connectivity index (χ0n) is 9.00. The van der Waals surface area contributed by atoms with Crippen LogP contribution in [0, 0.1) is 0 Å². The van der Waals surface area contributed by atoms with Crippen LogP contribution in [0.5, 0.6) is 0 Å². The van der Waals surface area contributed by atoms with Gasteiger partial charge in [-0.15, -0.1) is 0 Å². The molecule has 0 spiro atoms. The molecule has 0 aliphatic heterocycles. The van der Waals surface area contributed by atoms with Gasteiger partial charge in [0.15, 0.2) is 5.78 Å². The molecule has 1 rings (SSSR count). The quantitative estimate of drug-likeness (QED) is 0.431. The maximum atomic E-state index is 11.2. The minimum atomic E-state index is 0.0266. The average molecular weight is 202 g/mol. The summed E-state index contributed by atoms with van der Waals surface area (Å²) in [5.41, 5.74) is 2.93. The fourth-order valence-corrected chi connectivity index (χ4v) is 1.27. The van der Waals surface area contributed by atoms with Gasteiger partial charge in [-0.2, -0.15) is 0 Å². The Balaban J connectivity index is 2.79. The second-order valence-electron chi connectivity index (χ2n) is 3.18. The van der Waals surface area contributed by atoms with Crippen molar-refractivity contribution in [3.8, 4) is 0 Å². The summed E-state index contributed by atoms with van der Waals surface area (Å²) < 4.78 is 0. The zero-order valence-corrected chi connectivity index (χ0v) is 9.00. The summed E-state index contributed by atoms with van der Waals surface area (Å²) in [4.78, 5) is 14.8. The molecule has 0 atom stereocenters. The fraction of sp³-hybridized carbons (Fsp3) is 0.167. The van der Waals surface area contributed by atoms with E-state index < -0.39 is 0 Å². The molecular weight excluding hydrogens is 188 g/mol. The van der Waals surface area contributed by atoms with Crippen LogP contribution in [0.15, 0.2) is 52.5 Å². The van der Waals surface area contributed by atoms with E-state index in [1.165, 1.54) is 0 Å². The molecule has 0 saturated heterocycles. The molecule has 1 N–H and O–H groups in total. The first-order valence-corrected chi connectivity index (χ1v) is 4.62. The highest BCUT2D eigenvalue weighted by Gasteiger charge is 2.28. The Labute approximate surface area is 89.6 Å². The number of ketones is 1. The van der Waals surface area contributed by atoms with Crippen LogP contribution >= 0.6 is 0 Å². The highest BCUT2D eigenvalue weighted by Crippen LogP contribution is 2.26. The lowest BCUT2D eigenvalue weighted by Crippen LogP contribution is -2.29. The first kappa shape index (κ1) is 11.2. The van der Waals surface area contributed by atoms with E-state index >= 15 is 0 Å². The molecule has 0 radical (unpaired) electrons. The number of carbonyl (C=O) groups excluding carboxylic acids is 1. The molecule has 0 fully saturated rings. The summed E-state index contributed by atoms with van der Waals surface area (Å²) in [6.45, 7) is 10.7. The Kier molecular flexibility index (Phi) is 3.39. The molecule has 1 aliphatic rings. The fourth-order valence-electron chi connectivity index (χ4n) is 1.27. The van der Waals surface area contributed by atoms with Gasteiger partial charge in [-0.05, 0) is 26.6 Å². The van der Waals surface area contributed by atoms with Crippen molar-refractivity contribution in [1.82, 2.24) is 5.32 Å². The Hall–Kier alpha value is -1.90. The lowest BCUT2D eigenvalue weighted by molar-refractivity contribution is -0.113. The van der Waals surface area contributed by atoms with Crippen LogP contribution in [0.4, 0.5) is 0 Å². The Morgan fingerprint density at radius 2 is 2.20 bits per heavy atom. The minimum Gasteiger partial charge on any atom is -0.355 e. The SMILES string of the molecule is C=N/C=C\C(=C/C)NC1=C(C)C(=O)C1=C. The predicted octanol–water partition coefficient (Wildman–Crippen LogP) is 2.11. The van der Waals surface area contributed by atoms with Gasteiger partial charge in [0.2, 0.25) is 0 Å². The third kappa shape index (κ3) is 2.13. The van der Waals surface area contributed by atoms with Crippen LogP contribution in [0.1, 0.15) is 13.8 Å². The van der Waals surface area contributed by atoms with Gasteiger partial charge in [-0.1, -0.05) is 12.7 Å². The monoisotopic (exact) mass is 202 g/mol. The second kappa shape index (κ2) is 4.55. The van der Waals surface area contributed by atoms with Crippen molar-refractivity contribution in [2.75, 3.05) is 0 Å². The standard InChI is InChI=1S/C12H14N2O/c1-5-10(6-7-13-4)14-11-8(2)12(15)9(11)3/h5-7,14H,2,4H2,1,3H3/b7-6-,10-5+. The van der Waals surface area contributed by atoms with E-state index in [1.807, 2.05) is 13.0 Å². The average Bonchev–Trinajstić information content (AvgIpc) is 2.28. The number of hydrogen-bond donors (Lipinski definition) is 1. The van der Waals surface area contributed by atoms with Gasteiger partial charge >= 0.3 is 0 Å². The van der Waals surface area contributed by atoms with Crippen molar-refractivity contribution in [2.45, 2.75) is 13.8 Å². The molecule has 0 bridgehead atoms. The third-order valence-corrected chi connectivity index (χ3v) is 2.23. The summed E-state index contributed by atoms with van der Waals surface area (Å²) in [5.74, 6) is 0.0266. The third-order valence-electron chi connectivity index (χ3n) is 2.23. The summed E-state index contributed by atoms with van der Waals surface area (Å²) in [6, 6.07) is 0. The van der Waals surface area contributed by atoms with Crippen LogP contribution < -0.4 is 5.32 Å². The van der Waals surface area contributed by atoms with Gasteiger partial charge in [0.05, 0.1) is 5.70 Å². The van der Waals surface area contributed by atoms with Gasteiger partial charge in [0.25, 0.3) is 0 Å². The van der Waals surface area contributed by atoms with Crippen LogP contribution in [0.2, 0.25) is 0 Å². The molecule has 3 heteroatoms. The van der Waals surface area contributed by atoms with E-state index in [1.54, 1.807) is 19.2 Å². The highest BCUT2D eigenvalue weighted by atomic mass is 16.1. The molecule has 78 valence electrons. The number of rotatable bonds is 4. The number of aliphatic imine (C=N–C) groups is 1. The number of nitrogens with one attached hydrogen (secondary N) is 1. The maximum absolute atomic E-state index is 11.2. The summed E-state index contributed by atoms with van der Waals surface area (Å²) >= 11 is 0. The van der Waals surface area contributed by atoms with Gasteiger partial charge in [-0.25, -0.2) is 0 Å². The molecule has 0 unspecified atom stereocenters. The highest BCUT2D eigenvalue weighted by molar-refractivity contribution is 6.18. The van der Waals surface area contributed by atoms with Crippen molar-refractivity contribution in [2.24, 2.45) is 4.99 Å². The van der Waals surface area contributed by atoms with Gasteiger partial charge in [-0.3, -0.25) is 9.79 Å². The van der Waals surface area contributed by atoms with Crippen LogP contribution in [0.3, 0.4) is 0 Å². The molecule has 0 amide bonds. The molecule has 1 aliphatic carbocycles. The number of nitrogens with zero attached hydrogens (tertiary/aromatic N) is 1. The Morgan fingerprint density at radius 1 is 1.53 bits per heavy atom. The van der Waals surface area contributed by atoms with E-state index in [0.29, 0.717) is 5.57 Å². The van der Waals surface area contributed by atoms with E-state index in [9.17, 15) is 4.79 Å². The maximum Gasteiger partial charge on any atom is 0.192 e. The van der Waals surface area contributed by atoms with Crippen LogP contribution in [-0.2, 0) is 4.79 Å². The molecule has 15 heavy (non-hydrogen) atoms. The number of carbonyl (C=O) groups is 1. The minimum absolute atomic E-state index is 0.0266. The van der Waals surface area contributed by atoms with Crippen LogP contribution in [0.25, 0.3) is 0 Å². The summed E-state index contributed by atoms with van der Waals surface area (Å²) in [5, 5.41) is 3.11. The number of Topliss-reactive ketones (excluding diaryl/α,β-unsaturated/α-hetero) is 1. The normalized spacial score (nSPS) is 17.1. The van der Waals surface area contributed by atoms with Crippen molar-refractivity contribution >= 4 is 12.5 Å². The van der Waals surface area contributed by atoms with Crippen molar-refractivity contribution in [3.05, 3.63) is 47.5 Å². The topological polar surface area (TPSA) is 41.5 Å². The second-order valence-corrected chi connectivity index (χ2v) is 3.18. The van der Waals surface area contributed by atoms with E-state index in [0.717, 1.165) is 17.0 Å². The van der Waals surface area contributed by atoms with Crippen molar-refractivity contribution < 1.29 is 4.79 Å². The Bertz CT molecular complexity index is 411. The first-order valence-electron chi connectivity index (χ1n) is 4.62. The Morgan fingerprint density at radius 3 is 2.67 bits per heavy atom. The molecule has 0 aromatic carbocycles. The molecule has 0 aromatic heterocycles. The molecule has 0 heterocycles. The van der Waals surface area contributed by atoms with E-state index in [-0.39, 0.29) is 5.78 Å².